The van der Waals surface area contributed by atoms with Crippen LogP contribution in [0.2, 0.25) is 6.55 Å². The predicted molar refractivity (Wildman–Crippen MR) is 189 cm³/mol. The summed E-state index contributed by atoms with van der Waals surface area (Å²) >= 11 is 1.59. The van der Waals surface area contributed by atoms with Gasteiger partial charge in [0, 0.05) is 0 Å². The van der Waals surface area contributed by atoms with Gasteiger partial charge in [0.05, 0.1) is 0 Å². The van der Waals surface area contributed by atoms with E-state index in [1.54, 1.807) is 35.1 Å². The molecule has 0 saturated carbocycles. The number of rotatable bonds is 3. The third kappa shape index (κ3) is 4.89. The van der Waals surface area contributed by atoms with Crippen molar-refractivity contribution in [2.75, 3.05) is 0 Å². The molecule has 0 heterocycles. The van der Waals surface area contributed by atoms with Gasteiger partial charge in [-0.1, -0.05) is 110 Å². The quantitative estimate of drug-likeness (QED) is 0.235. The Kier molecular flexibility index (Phi) is 9.05. The zero-order valence-corrected chi connectivity index (χ0v) is 31.1. The summed E-state index contributed by atoms with van der Waals surface area (Å²) in [5, 5.41) is 10.2. The average molecular weight is 728 g/mol. The number of halogens is 2. The summed E-state index contributed by atoms with van der Waals surface area (Å²) in [6, 6.07) is 47.3. The molecule has 3 aliphatic carbocycles. The Morgan fingerprint density at radius 2 is 0.978 bits per heavy atom. The second-order valence-electron chi connectivity index (χ2n) is 12.4. The molecular formula is C42H33Cl2SiZr. The molecule has 0 spiro atoms. The third-order valence-electron chi connectivity index (χ3n) is 10.1. The van der Waals surface area contributed by atoms with Gasteiger partial charge in [0.15, 0.2) is 0 Å². The van der Waals surface area contributed by atoms with Gasteiger partial charge in [-0.25, -0.2) is 0 Å². The van der Waals surface area contributed by atoms with E-state index in [2.05, 4.69) is 160 Å². The van der Waals surface area contributed by atoms with Crippen LogP contribution in [0.5, 0.6) is 0 Å². The number of allylic oxidation sites excluding steroid dienone is 3. The van der Waals surface area contributed by atoms with E-state index < -0.39 is 8.07 Å². The number of hydrogen-bond acceptors (Lipinski definition) is 0. The van der Waals surface area contributed by atoms with Crippen molar-refractivity contribution in [1.29, 1.82) is 0 Å². The van der Waals surface area contributed by atoms with Gasteiger partial charge in [-0.3, -0.25) is 0 Å². The Morgan fingerprint density at radius 1 is 0.522 bits per heavy atom. The molecule has 0 radical (unpaired) electrons. The van der Waals surface area contributed by atoms with Crippen molar-refractivity contribution >= 4 is 62.4 Å². The molecule has 0 aromatic heterocycles. The molecule has 9 rings (SSSR count). The Bertz CT molecular complexity index is 2110. The summed E-state index contributed by atoms with van der Waals surface area (Å²) in [5.74, 6) is 0. The second-order valence-corrected chi connectivity index (χ2v) is 17.7. The van der Waals surface area contributed by atoms with Gasteiger partial charge < -0.3 is 24.8 Å². The van der Waals surface area contributed by atoms with Crippen molar-refractivity contribution in [2.45, 2.75) is 24.0 Å². The van der Waals surface area contributed by atoms with E-state index in [-0.39, 0.29) is 24.8 Å². The number of fused-ring (bicyclic) bond motifs is 1. The topological polar surface area (TPSA) is 0 Å². The average Bonchev–Trinajstić information content (AvgIpc) is 3.69. The maximum atomic E-state index is 2.59. The van der Waals surface area contributed by atoms with Crippen molar-refractivity contribution in [2.24, 2.45) is 0 Å². The van der Waals surface area contributed by atoms with Crippen molar-refractivity contribution in [3.05, 3.63) is 167 Å². The molecule has 3 aliphatic rings. The van der Waals surface area contributed by atoms with E-state index in [9.17, 15) is 0 Å². The fraction of sp³-hybridized carbons (Fsp3) is 0.0952. The van der Waals surface area contributed by atoms with E-state index in [4.69, 9.17) is 0 Å². The van der Waals surface area contributed by atoms with Crippen molar-refractivity contribution in [3.63, 3.8) is 0 Å². The minimum absolute atomic E-state index is 0. The van der Waals surface area contributed by atoms with Gasteiger partial charge >= 0.3 is 75.9 Å². The van der Waals surface area contributed by atoms with E-state index >= 15 is 0 Å². The summed E-state index contributed by atoms with van der Waals surface area (Å²) in [4.78, 5) is 0. The number of benzene rings is 6. The fourth-order valence-corrected chi connectivity index (χ4v) is 14.0. The first-order chi connectivity index (χ1) is 21.5. The maximum absolute atomic E-state index is 2.59. The van der Waals surface area contributed by atoms with Crippen LogP contribution in [0.15, 0.2) is 133 Å². The Hall–Kier alpha value is -3.26. The minimum atomic E-state index is -2.37. The predicted octanol–water partition coefficient (Wildman–Crippen LogP) is 4.55. The van der Waals surface area contributed by atoms with E-state index in [1.807, 2.05) is 0 Å². The molecule has 0 fully saturated rings. The Morgan fingerprint density at radius 3 is 1.48 bits per heavy atom. The molecule has 6 aromatic carbocycles. The third-order valence-corrected chi connectivity index (χ3v) is 16.1. The van der Waals surface area contributed by atoms with Crippen LogP contribution in [0, 0.1) is 0 Å². The molecule has 46 heavy (non-hydrogen) atoms. The van der Waals surface area contributed by atoms with Gasteiger partial charge in [0.2, 0.25) is 0 Å². The van der Waals surface area contributed by atoms with Crippen LogP contribution in [-0.2, 0) is 24.7 Å². The first-order valence-electron chi connectivity index (χ1n) is 15.5. The van der Waals surface area contributed by atoms with Crippen molar-refractivity contribution in [1.82, 2.24) is 0 Å². The standard InChI is InChI=1S/C33H26Si.C9H7.2ClH.Zr/c1-21-26-17-7-11-23-13-9-19-28(30(23)26)32(21)34(3,25-15-5-4-6-16-25)33-22(2)27-18-8-12-24-14-10-20-29(33)31(24)27;1-2-5-9-7-3-6-8(9)4-1;;;/h4-20H,1-3H3;1-7H;2*1H;/q;;;;+2/p-2. The monoisotopic (exact) mass is 725 g/mol. The van der Waals surface area contributed by atoms with E-state index in [1.165, 1.54) is 71.3 Å². The molecule has 0 N–H and O–H groups in total. The normalized spacial score (nSPS) is 15.5. The zero-order valence-electron chi connectivity index (χ0n) is 26.1. The van der Waals surface area contributed by atoms with Gasteiger partial charge in [-0.05, 0) is 84.4 Å². The molecule has 6 aromatic rings. The van der Waals surface area contributed by atoms with Crippen molar-refractivity contribution < 1.29 is 49.5 Å². The first kappa shape index (κ1) is 32.7. The van der Waals surface area contributed by atoms with Crippen LogP contribution in [-0.4, -0.2) is 8.07 Å². The molecule has 0 saturated heterocycles. The summed E-state index contributed by atoms with van der Waals surface area (Å²) < 4.78 is 0.711. The second kappa shape index (κ2) is 12.7. The van der Waals surface area contributed by atoms with Crippen LogP contribution in [0.4, 0.5) is 0 Å². The Balaban J connectivity index is 0.000000265. The van der Waals surface area contributed by atoms with Crippen LogP contribution in [0.25, 0.3) is 49.2 Å². The molecule has 0 aliphatic heterocycles. The molecule has 223 valence electrons. The van der Waals surface area contributed by atoms with Gasteiger partial charge in [-0.2, -0.15) is 0 Å². The van der Waals surface area contributed by atoms with Gasteiger partial charge in [0.25, 0.3) is 0 Å². The SMILES string of the molecule is CC1=C([Si](C)(C2=C(C)c3cccc4cccc2c34)c2ccccc2)c2cccc3cccc1c23.[Cl-].[Cl-].[Zr+2][C@@H]1C=Cc2ccccc21. The summed E-state index contributed by atoms with van der Waals surface area (Å²) in [5.41, 5.74) is 11.5. The molecule has 0 amide bonds. The van der Waals surface area contributed by atoms with E-state index in [0.29, 0.717) is 3.63 Å². The van der Waals surface area contributed by atoms with Crippen LogP contribution in [0.1, 0.15) is 50.9 Å². The summed E-state index contributed by atoms with van der Waals surface area (Å²) in [6.07, 6.45) is 4.50. The van der Waals surface area contributed by atoms with E-state index in [0.717, 1.165) is 0 Å². The van der Waals surface area contributed by atoms with Gasteiger partial charge in [0.1, 0.15) is 8.07 Å². The molecule has 1 atom stereocenters. The number of hydrogen-bond donors (Lipinski definition) is 0. The van der Waals surface area contributed by atoms with Crippen LogP contribution >= 0.6 is 0 Å². The fourth-order valence-electron chi connectivity index (χ4n) is 8.12. The first-order valence-corrected chi connectivity index (χ1v) is 19.4. The zero-order chi connectivity index (χ0) is 30.0. The molecule has 0 bridgehead atoms. The molecule has 0 nitrogen and oxygen atoms in total. The summed E-state index contributed by atoms with van der Waals surface area (Å²) in [6.45, 7) is 7.31. The van der Waals surface area contributed by atoms with Crippen LogP contribution < -0.4 is 30.0 Å². The molecular weight excluding hydrogens is 695 g/mol. The Labute approximate surface area is 300 Å². The summed E-state index contributed by atoms with van der Waals surface area (Å²) in [7, 11) is -2.37. The van der Waals surface area contributed by atoms with Crippen LogP contribution in [0.3, 0.4) is 0 Å². The van der Waals surface area contributed by atoms with Crippen molar-refractivity contribution in [3.8, 4) is 0 Å². The van der Waals surface area contributed by atoms with Gasteiger partial charge in [-0.15, -0.1) is 0 Å². The molecule has 0 unspecified atom stereocenters. The molecule has 4 heteroatoms.